The molecule has 0 aromatic carbocycles. The van der Waals surface area contributed by atoms with Gasteiger partial charge in [-0.2, -0.15) is 0 Å². The Bertz CT molecular complexity index is 597. The van der Waals surface area contributed by atoms with Crippen LogP contribution in [0.4, 0.5) is 0 Å². The van der Waals surface area contributed by atoms with Gasteiger partial charge in [-0.05, 0) is 42.4 Å². The van der Waals surface area contributed by atoms with Crippen LogP contribution in [0.1, 0.15) is 52.9 Å². The molecule has 0 aromatic rings. The molecule has 3 fully saturated rings. The average molecular weight is 364 g/mol. The number of carbonyl (C=O) groups excluding carboxylic acids is 2. The fourth-order valence-corrected chi connectivity index (χ4v) is 6.05. The molecule has 146 valence electrons. The molecule has 26 heavy (non-hydrogen) atoms. The minimum Gasteiger partial charge on any atom is -0.368 e. The lowest BCUT2D eigenvalue weighted by Crippen LogP contribution is -2.63. The molecule has 2 amide bonds. The van der Waals surface area contributed by atoms with Gasteiger partial charge in [0.05, 0.1) is 13.2 Å². The topological polar surface area (TPSA) is 90.7 Å². The standard InChI is InChI=1S/C20H32N2O4/c1-5-6-7-18(3,4)16-15-12-19(25-8-9-26-19)10-14(15)11-20(16,17(21)24)22-13(2)23/h5,14-16H,1,6-12H2,2-4H3,(H2,21,24)(H,22,23)/t14-,15-,16+,20?/m1/s1. The van der Waals surface area contributed by atoms with Crippen LogP contribution in [0.2, 0.25) is 0 Å². The Morgan fingerprint density at radius 3 is 2.46 bits per heavy atom. The molecule has 1 heterocycles. The number of amides is 2. The van der Waals surface area contributed by atoms with Crippen LogP contribution in [0.15, 0.2) is 12.7 Å². The largest absolute Gasteiger partial charge is 0.368 e. The summed E-state index contributed by atoms with van der Waals surface area (Å²) in [7, 11) is 0. The minimum atomic E-state index is -1.01. The predicted molar refractivity (Wildman–Crippen MR) is 97.9 cm³/mol. The molecule has 0 radical (unpaired) electrons. The fourth-order valence-electron chi connectivity index (χ4n) is 6.05. The Labute approximate surface area is 155 Å². The van der Waals surface area contributed by atoms with E-state index >= 15 is 0 Å². The third-order valence-corrected chi connectivity index (χ3v) is 6.76. The quantitative estimate of drug-likeness (QED) is 0.707. The third kappa shape index (κ3) is 3.07. The van der Waals surface area contributed by atoms with Crippen LogP contribution in [-0.4, -0.2) is 36.4 Å². The summed E-state index contributed by atoms with van der Waals surface area (Å²) in [5.74, 6) is -0.735. The van der Waals surface area contributed by atoms with Gasteiger partial charge in [0, 0.05) is 19.8 Å². The Morgan fingerprint density at radius 1 is 1.27 bits per heavy atom. The summed E-state index contributed by atoms with van der Waals surface area (Å²) in [5.41, 5.74) is 4.72. The molecule has 1 spiro atoms. The molecular formula is C20H32N2O4. The average Bonchev–Trinajstić information content (AvgIpc) is 3.19. The smallest absolute Gasteiger partial charge is 0.243 e. The first-order valence-electron chi connectivity index (χ1n) is 9.63. The van der Waals surface area contributed by atoms with Gasteiger partial charge >= 0.3 is 0 Å². The fraction of sp³-hybridized carbons (Fsp3) is 0.800. The van der Waals surface area contributed by atoms with E-state index in [-0.39, 0.29) is 29.1 Å². The lowest BCUT2D eigenvalue weighted by Gasteiger charge is -2.45. The Hall–Kier alpha value is -1.40. The Kier molecular flexibility index (Phi) is 4.95. The van der Waals surface area contributed by atoms with Crippen molar-refractivity contribution in [2.75, 3.05) is 13.2 Å². The van der Waals surface area contributed by atoms with Crippen molar-refractivity contribution in [3.63, 3.8) is 0 Å². The summed E-state index contributed by atoms with van der Waals surface area (Å²) in [6.45, 7) is 10.9. The van der Waals surface area contributed by atoms with E-state index in [4.69, 9.17) is 15.2 Å². The lowest BCUT2D eigenvalue weighted by molar-refractivity contribution is -0.161. The van der Waals surface area contributed by atoms with Crippen molar-refractivity contribution < 1.29 is 19.1 Å². The third-order valence-electron chi connectivity index (χ3n) is 6.76. The van der Waals surface area contributed by atoms with Crippen molar-refractivity contribution in [2.24, 2.45) is 28.9 Å². The summed E-state index contributed by atoms with van der Waals surface area (Å²) in [6, 6.07) is 0. The highest BCUT2D eigenvalue weighted by Gasteiger charge is 2.67. The lowest BCUT2D eigenvalue weighted by atomic mass is 9.63. The highest BCUT2D eigenvalue weighted by Crippen LogP contribution is 2.62. The SMILES string of the molecule is C=CCCC(C)(C)[C@@H]1[C@@H]2CC3(C[C@@H]2CC1(NC(C)=O)C(N)=O)OCCO3. The first-order valence-corrected chi connectivity index (χ1v) is 9.63. The summed E-state index contributed by atoms with van der Waals surface area (Å²) in [5, 5.41) is 2.97. The molecule has 1 aliphatic heterocycles. The van der Waals surface area contributed by atoms with Crippen LogP contribution in [0.3, 0.4) is 0 Å². The maximum absolute atomic E-state index is 12.7. The molecule has 2 aliphatic carbocycles. The number of nitrogens with two attached hydrogens (primary N) is 1. The maximum Gasteiger partial charge on any atom is 0.243 e. The summed E-state index contributed by atoms with van der Waals surface area (Å²) < 4.78 is 11.9. The Morgan fingerprint density at radius 2 is 1.92 bits per heavy atom. The number of carbonyl (C=O) groups is 2. The predicted octanol–water partition coefficient (Wildman–Crippen LogP) is 2.13. The van der Waals surface area contributed by atoms with Crippen LogP contribution >= 0.6 is 0 Å². The highest BCUT2D eigenvalue weighted by molar-refractivity contribution is 5.90. The maximum atomic E-state index is 12.7. The minimum absolute atomic E-state index is 0.0616. The van der Waals surface area contributed by atoms with E-state index in [1.165, 1.54) is 6.92 Å². The van der Waals surface area contributed by atoms with Crippen molar-refractivity contribution >= 4 is 11.8 Å². The van der Waals surface area contributed by atoms with Gasteiger partial charge < -0.3 is 20.5 Å². The second-order valence-corrected chi connectivity index (χ2v) is 8.95. The molecule has 3 rings (SSSR count). The number of rotatable bonds is 6. The van der Waals surface area contributed by atoms with E-state index in [0.29, 0.717) is 19.6 Å². The van der Waals surface area contributed by atoms with Crippen LogP contribution in [0.5, 0.6) is 0 Å². The Balaban J connectivity index is 1.99. The number of fused-ring (bicyclic) bond motifs is 1. The van der Waals surface area contributed by atoms with Gasteiger partial charge in [-0.1, -0.05) is 19.9 Å². The highest BCUT2D eigenvalue weighted by atomic mass is 16.7. The van der Waals surface area contributed by atoms with E-state index in [0.717, 1.165) is 25.7 Å². The number of hydrogen-bond donors (Lipinski definition) is 2. The number of ether oxygens (including phenoxy) is 2. The molecule has 1 saturated heterocycles. The molecule has 2 saturated carbocycles. The van der Waals surface area contributed by atoms with Gasteiger partial charge in [-0.25, -0.2) is 0 Å². The first kappa shape index (κ1) is 19.4. The van der Waals surface area contributed by atoms with Crippen LogP contribution in [0.25, 0.3) is 0 Å². The van der Waals surface area contributed by atoms with Crippen LogP contribution < -0.4 is 11.1 Å². The second-order valence-electron chi connectivity index (χ2n) is 8.95. The van der Waals surface area contributed by atoms with Gasteiger partial charge in [-0.3, -0.25) is 9.59 Å². The van der Waals surface area contributed by atoms with Crippen LogP contribution in [-0.2, 0) is 19.1 Å². The van der Waals surface area contributed by atoms with Crippen molar-refractivity contribution in [1.82, 2.24) is 5.32 Å². The molecule has 1 unspecified atom stereocenters. The van der Waals surface area contributed by atoms with Crippen molar-refractivity contribution in [3.05, 3.63) is 12.7 Å². The van der Waals surface area contributed by atoms with E-state index in [2.05, 4.69) is 25.7 Å². The van der Waals surface area contributed by atoms with E-state index < -0.39 is 17.2 Å². The molecule has 6 heteroatoms. The van der Waals surface area contributed by atoms with Gasteiger partial charge in [0.15, 0.2) is 5.79 Å². The van der Waals surface area contributed by atoms with Crippen molar-refractivity contribution in [1.29, 1.82) is 0 Å². The normalized spacial score (nSPS) is 35.4. The second kappa shape index (κ2) is 6.64. The molecular weight excluding hydrogens is 332 g/mol. The van der Waals surface area contributed by atoms with Gasteiger partial charge in [0.25, 0.3) is 0 Å². The molecule has 0 bridgehead atoms. The number of nitrogens with one attached hydrogen (secondary N) is 1. The molecule has 6 nitrogen and oxygen atoms in total. The zero-order valence-corrected chi connectivity index (χ0v) is 16.2. The summed E-state index contributed by atoms with van der Waals surface area (Å²) in [4.78, 5) is 24.6. The van der Waals surface area contributed by atoms with Gasteiger partial charge in [0.1, 0.15) is 5.54 Å². The van der Waals surface area contributed by atoms with Gasteiger partial charge in [0.2, 0.25) is 11.8 Å². The zero-order chi connectivity index (χ0) is 19.2. The summed E-state index contributed by atoms with van der Waals surface area (Å²) >= 11 is 0. The van der Waals surface area contributed by atoms with Gasteiger partial charge in [-0.15, -0.1) is 6.58 Å². The number of allylic oxidation sites excluding steroid dienone is 1. The molecule has 3 aliphatic rings. The number of primary amides is 1. The van der Waals surface area contributed by atoms with Crippen molar-refractivity contribution in [3.8, 4) is 0 Å². The van der Waals surface area contributed by atoms with E-state index in [1.807, 2.05) is 6.08 Å². The zero-order valence-electron chi connectivity index (χ0n) is 16.2. The monoisotopic (exact) mass is 364 g/mol. The summed E-state index contributed by atoms with van der Waals surface area (Å²) in [6.07, 6.45) is 5.72. The first-order chi connectivity index (χ1) is 12.2. The molecule has 4 atom stereocenters. The number of hydrogen-bond acceptors (Lipinski definition) is 4. The van der Waals surface area contributed by atoms with E-state index in [1.54, 1.807) is 0 Å². The molecule has 0 aromatic heterocycles. The van der Waals surface area contributed by atoms with Crippen LogP contribution in [0, 0.1) is 23.2 Å². The van der Waals surface area contributed by atoms with Crippen molar-refractivity contribution in [2.45, 2.75) is 64.2 Å². The van der Waals surface area contributed by atoms with E-state index in [9.17, 15) is 9.59 Å². The molecule has 3 N–H and O–H groups in total.